The number of hydrogen-bond donors (Lipinski definition) is 2. The zero-order chi connectivity index (χ0) is 15.0. The highest BCUT2D eigenvalue weighted by atomic mass is 35.5. The van der Waals surface area contributed by atoms with Crippen LogP contribution >= 0.6 is 23.2 Å². The minimum Gasteiger partial charge on any atom is -0.389 e. The van der Waals surface area contributed by atoms with Crippen LogP contribution < -0.4 is 5.32 Å². The van der Waals surface area contributed by atoms with Crippen LogP contribution in [0, 0.1) is 5.92 Å². The van der Waals surface area contributed by atoms with Crippen molar-refractivity contribution in [2.75, 3.05) is 25.1 Å². The van der Waals surface area contributed by atoms with Gasteiger partial charge in [0.2, 0.25) is 0 Å². The molecule has 1 atom stereocenters. The lowest BCUT2D eigenvalue weighted by Crippen LogP contribution is -2.25. The Morgan fingerprint density at radius 1 is 1.30 bits per heavy atom. The van der Waals surface area contributed by atoms with E-state index in [0.717, 1.165) is 18.5 Å². The summed E-state index contributed by atoms with van der Waals surface area (Å²) in [6.07, 6.45) is 1.61. The molecule has 20 heavy (non-hydrogen) atoms. The van der Waals surface area contributed by atoms with Crippen molar-refractivity contribution in [2.45, 2.75) is 32.8 Å². The number of hydrogen-bond acceptors (Lipinski definition) is 3. The van der Waals surface area contributed by atoms with Crippen LogP contribution in [-0.2, 0) is 4.74 Å². The molecule has 3 nitrogen and oxygen atoms in total. The summed E-state index contributed by atoms with van der Waals surface area (Å²) in [6, 6.07) is 5.18. The average molecular weight is 320 g/mol. The Morgan fingerprint density at radius 2 is 2.05 bits per heavy atom. The van der Waals surface area contributed by atoms with E-state index in [1.54, 1.807) is 18.2 Å². The predicted molar refractivity (Wildman–Crippen MR) is 85.8 cm³/mol. The number of aliphatic hydroxyl groups is 1. The van der Waals surface area contributed by atoms with Gasteiger partial charge in [-0.3, -0.25) is 0 Å². The standard InChI is InChI=1S/C15H23Cl2NO2/c1-11(2)4-3-7-20-10-13(19)9-18-15-8-12(16)5-6-14(15)17/h5-6,8,11,13,18-19H,3-4,7,9-10H2,1-2H3. The second kappa shape index (κ2) is 9.46. The monoisotopic (exact) mass is 319 g/mol. The smallest absolute Gasteiger partial charge is 0.0945 e. The van der Waals surface area contributed by atoms with Gasteiger partial charge in [0.15, 0.2) is 0 Å². The second-order valence-corrected chi connectivity index (χ2v) is 6.11. The zero-order valence-corrected chi connectivity index (χ0v) is 13.5. The molecule has 1 aromatic carbocycles. The molecule has 0 amide bonds. The van der Waals surface area contributed by atoms with Gasteiger partial charge >= 0.3 is 0 Å². The summed E-state index contributed by atoms with van der Waals surface area (Å²) in [5.74, 6) is 0.690. The van der Waals surface area contributed by atoms with Crippen LogP contribution in [0.4, 0.5) is 5.69 Å². The van der Waals surface area contributed by atoms with Gasteiger partial charge in [-0.1, -0.05) is 37.0 Å². The van der Waals surface area contributed by atoms with Crippen molar-refractivity contribution in [3.63, 3.8) is 0 Å². The van der Waals surface area contributed by atoms with Gasteiger partial charge in [-0.15, -0.1) is 0 Å². The van der Waals surface area contributed by atoms with Crippen LogP contribution in [0.3, 0.4) is 0 Å². The van der Waals surface area contributed by atoms with Gasteiger partial charge in [-0.05, 0) is 37.0 Å². The minimum atomic E-state index is -0.566. The van der Waals surface area contributed by atoms with E-state index in [-0.39, 0.29) is 0 Å². The van der Waals surface area contributed by atoms with Crippen LogP contribution in [0.1, 0.15) is 26.7 Å². The van der Waals surface area contributed by atoms with Gasteiger partial charge < -0.3 is 15.2 Å². The first-order chi connectivity index (χ1) is 9.49. The van der Waals surface area contributed by atoms with Gasteiger partial charge in [0.05, 0.1) is 23.4 Å². The molecule has 0 radical (unpaired) electrons. The Labute approximate surface area is 131 Å². The van der Waals surface area contributed by atoms with Crippen molar-refractivity contribution < 1.29 is 9.84 Å². The normalized spacial score (nSPS) is 12.7. The van der Waals surface area contributed by atoms with Crippen molar-refractivity contribution in [1.29, 1.82) is 0 Å². The van der Waals surface area contributed by atoms with Crippen molar-refractivity contribution in [1.82, 2.24) is 0 Å². The Balaban J connectivity index is 2.19. The molecule has 0 fully saturated rings. The number of benzene rings is 1. The zero-order valence-electron chi connectivity index (χ0n) is 12.0. The van der Waals surface area contributed by atoms with Crippen LogP contribution in [0.2, 0.25) is 10.0 Å². The first-order valence-corrected chi connectivity index (χ1v) is 7.69. The molecule has 0 heterocycles. The highest BCUT2D eigenvalue weighted by molar-refractivity contribution is 6.35. The maximum absolute atomic E-state index is 9.82. The SMILES string of the molecule is CC(C)CCCOCC(O)CNc1cc(Cl)ccc1Cl. The molecule has 0 aromatic heterocycles. The van der Waals surface area contributed by atoms with Crippen LogP contribution in [0.5, 0.6) is 0 Å². The number of aliphatic hydroxyl groups excluding tert-OH is 1. The lowest BCUT2D eigenvalue weighted by molar-refractivity contribution is 0.0409. The largest absolute Gasteiger partial charge is 0.389 e. The highest BCUT2D eigenvalue weighted by Crippen LogP contribution is 2.25. The Bertz CT molecular complexity index is 399. The molecule has 0 aliphatic heterocycles. The van der Waals surface area contributed by atoms with Crippen molar-refractivity contribution in [3.05, 3.63) is 28.2 Å². The average Bonchev–Trinajstić information content (AvgIpc) is 2.39. The maximum atomic E-state index is 9.82. The maximum Gasteiger partial charge on any atom is 0.0945 e. The summed E-state index contributed by atoms with van der Waals surface area (Å²) in [7, 11) is 0. The molecule has 0 aliphatic rings. The van der Waals surface area contributed by atoms with Crippen LogP contribution in [0.15, 0.2) is 18.2 Å². The molecular formula is C15H23Cl2NO2. The van der Waals surface area contributed by atoms with E-state index >= 15 is 0 Å². The van der Waals surface area contributed by atoms with Gasteiger partial charge in [-0.25, -0.2) is 0 Å². The topological polar surface area (TPSA) is 41.5 Å². The number of ether oxygens (including phenoxy) is 1. The van der Waals surface area contributed by atoms with Crippen molar-refractivity contribution in [3.8, 4) is 0 Å². The van der Waals surface area contributed by atoms with Gasteiger partial charge in [0, 0.05) is 18.2 Å². The molecule has 114 valence electrons. The molecule has 2 N–H and O–H groups in total. The third kappa shape index (κ3) is 7.34. The van der Waals surface area contributed by atoms with Crippen molar-refractivity contribution >= 4 is 28.9 Å². The summed E-state index contributed by atoms with van der Waals surface area (Å²) >= 11 is 11.9. The number of nitrogens with one attached hydrogen (secondary N) is 1. The van der Waals surface area contributed by atoms with Crippen LogP contribution in [0.25, 0.3) is 0 Å². The van der Waals surface area contributed by atoms with Gasteiger partial charge in [0.1, 0.15) is 0 Å². The minimum absolute atomic E-state index is 0.323. The summed E-state index contributed by atoms with van der Waals surface area (Å²) in [6.45, 7) is 5.77. The van der Waals surface area contributed by atoms with Gasteiger partial charge in [-0.2, -0.15) is 0 Å². The molecule has 0 saturated carbocycles. The quantitative estimate of drug-likeness (QED) is 0.670. The number of anilines is 1. The molecular weight excluding hydrogens is 297 g/mol. The molecule has 0 spiro atoms. The lowest BCUT2D eigenvalue weighted by atomic mass is 10.1. The molecule has 0 saturated heterocycles. The van der Waals surface area contributed by atoms with E-state index < -0.39 is 6.10 Å². The number of rotatable bonds is 9. The third-order valence-electron chi connectivity index (χ3n) is 2.84. The van der Waals surface area contributed by atoms with E-state index in [1.165, 1.54) is 0 Å². The fourth-order valence-electron chi connectivity index (χ4n) is 1.73. The van der Waals surface area contributed by atoms with E-state index in [9.17, 15) is 5.11 Å². The summed E-state index contributed by atoms with van der Waals surface area (Å²) in [5, 5.41) is 14.1. The van der Waals surface area contributed by atoms with E-state index in [1.807, 2.05) is 0 Å². The fraction of sp³-hybridized carbons (Fsp3) is 0.600. The molecule has 1 rings (SSSR count). The summed E-state index contributed by atoms with van der Waals surface area (Å²) < 4.78 is 5.44. The molecule has 1 aromatic rings. The van der Waals surface area contributed by atoms with E-state index in [2.05, 4.69) is 19.2 Å². The number of halogens is 2. The van der Waals surface area contributed by atoms with Crippen molar-refractivity contribution in [2.24, 2.45) is 5.92 Å². The molecule has 0 aliphatic carbocycles. The Hall–Kier alpha value is -0.480. The molecule has 1 unspecified atom stereocenters. The third-order valence-corrected chi connectivity index (χ3v) is 3.40. The first kappa shape index (κ1) is 17.6. The Morgan fingerprint density at radius 3 is 2.75 bits per heavy atom. The highest BCUT2D eigenvalue weighted by Gasteiger charge is 2.06. The summed E-state index contributed by atoms with van der Waals surface area (Å²) in [5.41, 5.74) is 0.720. The van der Waals surface area contributed by atoms with E-state index in [4.69, 9.17) is 27.9 Å². The van der Waals surface area contributed by atoms with E-state index in [0.29, 0.717) is 35.7 Å². The molecule has 0 bridgehead atoms. The molecule has 5 heteroatoms. The second-order valence-electron chi connectivity index (χ2n) is 5.27. The predicted octanol–water partition coefficient (Wildman–Crippen LogP) is 4.22. The van der Waals surface area contributed by atoms with Gasteiger partial charge in [0.25, 0.3) is 0 Å². The fourth-order valence-corrected chi connectivity index (χ4v) is 2.09. The first-order valence-electron chi connectivity index (χ1n) is 6.93. The lowest BCUT2D eigenvalue weighted by Gasteiger charge is -2.14. The van der Waals surface area contributed by atoms with Crippen LogP contribution in [-0.4, -0.2) is 31.0 Å². The summed E-state index contributed by atoms with van der Waals surface area (Å²) in [4.78, 5) is 0. The Kier molecular flexibility index (Phi) is 8.31.